The molecule has 1 aromatic heterocycles. The quantitative estimate of drug-likeness (QED) is 0.126. The van der Waals surface area contributed by atoms with E-state index in [9.17, 15) is 0 Å². The first-order valence-corrected chi connectivity index (χ1v) is 20.5. The minimum atomic E-state index is -0.497. The molecule has 0 radical (unpaired) electrons. The lowest BCUT2D eigenvalue weighted by atomic mass is 9.67. The van der Waals surface area contributed by atoms with Gasteiger partial charge in [0.2, 0.25) is 0 Å². The molecule has 0 saturated heterocycles. The van der Waals surface area contributed by atoms with Crippen LogP contribution in [0, 0.1) is 0 Å². The minimum Gasteiger partial charge on any atom is -0.247 e. The van der Waals surface area contributed by atoms with E-state index in [0.29, 0.717) is 0 Å². The van der Waals surface area contributed by atoms with Gasteiger partial charge in [-0.05, 0) is 88.6 Å². The zero-order valence-electron chi connectivity index (χ0n) is 32.3. The molecule has 0 atom stereocenters. The largest absolute Gasteiger partial charge is 0.247 e. The molecule has 0 bridgehead atoms. The lowest BCUT2D eigenvalue weighted by molar-refractivity contribution is 0.769. The van der Waals surface area contributed by atoms with Gasteiger partial charge in [0, 0.05) is 16.3 Å². The van der Waals surface area contributed by atoms with Crippen LogP contribution in [0.15, 0.2) is 224 Å². The molecule has 11 aromatic rings. The molecule has 0 fully saturated rings. The van der Waals surface area contributed by atoms with Gasteiger partial charge in [-0.1, -0.05) is 218 Å². The average molecular weight is 748 g/mol. The van der Waals surface area contributed by atoms with Crippen molar-refractivity contribution in [2.75, 3.05) is 0 Å². The third kappa shape index (κ3) is 4.89. The highest BCUT2D eigenvalue weighted by atomic mass is 14.7. The maximum atomic E-state index is 5.56. The van der Waals surface area contributed by atoms with Crippen molar-refractivity contribution < 1.29 is 0 Å². The summed E-state index contributed by atoms with van der Waals surface area (Å²) < 4.78 is 0. The second-order valence-corrected chi connectivity index (χ2v) is 15.7. The lowest BCUT2D eigenvalue weighted by Gasteiger charge is -2.34. The van der Waals surface area contributed by atoms with Crippen molar-refractivity contribution in [3.05, 3.63) is 247 Å². The van der Waals surface area contributed by atoms with E-state index < -0.39 is 5.41 Å². The molecule has 0 amide bonds. The van der Waals surface area contributed by atoms with Crippen LogP contribution in [0.2, 0.25) is 0 Å². The summed E-state index contributed by atoms with van der Waals surface area (Å²) in [6.07, 6.45) is 0. The number of para-hydroxylation sites is 1. The Morgan fingerprint density at radius 2 is 0.746 bits per heavy atom. The van der Waals surface area contributed by atoms with Crippen LogP contribution in [0.1, 0.15) is 22.3 Å². The van der Waals surface area contributed by atoms with E-state index >= 15 is 0 Å². The highest BCUT2D eigenvalue weighted by Gasteiger charge is 2.47. The van der Waals surface area contributed by atoms with E-state index in [1.54, 1.807) is 0 Å². The van der Waals surface area contributed by atoms with Crippen molar-refractivity contribution in [1.29, 1.82) is 0 Å². The third-order valence-corrected chi connectivity index (χ3v) is 12.7. The van der Waals surface area contributed by atoms with Gasteiger partial charge in [-0.2, -0.15) is 0 Å². The van der Waals surface area contributed by atoms with Crippen LogP contribution < -0.4 is 0 Å². The van der Waals surface area contributed by atoms with E-state index in [1.165, 1.54) is 88.0 Å². The van der Waals surface area contributed by atoms with E-state index in [2.05, 4.69) is 224 Å². The van der Waals surface area contributed by atoms with Crippen LogP contribution in [0.3, 0.4) is 0 Å². The van der Waals surface area contributed by atoms with Crippen LogP contribution in [-0.2, 0) is 5.41 Å². The van der Waals surface area contributed by atoms with Gasteiger partial charge >= 0.3 is 0 Å². The van der Waals surface area contributed by atoms with Crippen molar-refractivity contribution in [2.45, 2.75) is 5.41 Å². The standard InChI is InChI=1S/C58H37N/c1-4-18-38(19-5-1)53-44-25-10-12-27-46(44)54(47-28-13-11-26-45(47)53)39-32-34-40(35-33-39)57-56-48(43-24-15-17-31-52(43)59-57)36-37-51-55(56)49-29-14-16-30-50(49)58(51,41-20-6-2-7-21-41)42-22-8-3-9-23-42/h1-37H. The molecule has 1 aliphatic carbocycles. The smallest absolute Gasteiger partial charge is 0.0794 e. The summed E-state index contributed by atoms with van der Waals surface area (Å²) in [7, 11) is 0. The molecule has 0 N–H and O–H groups in total. The zero-order valence-corrected chi connectivity index (χ0v) is 32.3. The summed E-state index contributed by atoms with van der Waals surface area (Å²) in [5.74, 6) is 0. The number of aromatic nitrogens is 1. The van der Waals surface area contributed by atoms with Gasteiger partial charge in [0.15, 0.2) is 0 Å². The number of nitrogens with zero attached hydrogens (tertiary/aromatic N) is 1. The Morgan fingerprint density at radius 3 is 1.34 bits per heavy atom. The third-order valence-electron chi connectivity index (χ3n) is 12.7. The molecule has 1 heteroatoms. The van der Waals surface area contributed by atoms with Gasteiger partial charge in [-0.25, -0.2) is 4.98 Å². The molecule has 1 aliphatic rings. The van der Waals surface area contributed by atoms with E-state index in [1.807, 2.05) is 0 Å². The maximum absolute atomic E-state index is 5.56. The first-order valence-electron chi connectivity index (χ1n) is 20.5. The monoisotopic (exact) mass is 747 g/mol. The van der Waals surface area contributed by atoms with E-state index in [0.717, 1.165) is 22.2 Å². The molecule has 1 nitrogen and oxygen atoms in total. The second kappa shape index (κ2) is 13.2. The molecule has 1 heterocycles. The summed E-state index contributed by atoms with van der Waals surface area (Å²) >= 11 is 0. The van der Waals surface area contributed by atoms with Crippen LogP contribution in [0.4, 0.5) is 0 Å². The summed E-state index contributed by atoms with van der Waals surface area (Å²) in [4.78, 5) is 5.56. The highest BCUT2D eigenvalue weighted by molar-refractivity contribution is 6.22. The Labute approximate surface area is 343 Å². The van der Waals surface area contributed by atoms with Crippen LogP contribution >= 0.6 is 0 Å². The number of hydrogen-bond acceptors (Lipinski definition) is 1. The van der Waals surface area contributed by atoms with Crippen molar-refractivity contribution >= 4 is 43.2 Å². The maximum Gasteiger partial charge on any atom is 0.0794 e. The van der Waals surface area contributed by atoms with Crippen LogP contribution in [-0.4, -0.2) is 4.98 Å². The fourth-order valence-electron chi connectivity index (χ4n) is 10.3. The highest BCUT2D eigenvalue weighted by Crippen LogP contribution is 2.59. The summed E-state index contributed by atoms with van der Waals surface area (Å²) in [6, 6.07) is 82.3. The fourth-order valence-corrected chi connectivity index (χ4v) is 10.3. The molecule has 274 valence electrons. The number of fused-ring (bicyclic) bond motifs is 9. The topological polar surface area (TPSA) is 12.9 Å². The van der Waals surface area contributed by atoms with Gasteiger partial charge < -0.3 is 0 Å². The molecule has 0 saturated carbocycles. The lowest BCUT2D eigenvalue weighted by Crippen LogP contribution is -2.28. The van der Waals surface area contributed by atoms with E-state index in [4.69, 9.17) is 4.98 Å². The molecular formula is C58H37N. The fraction of sp³-hybridized carbons (Fsp3) is 0.0172. The Bertz CT molecular complexity index is 3310. The molecule has 10 aromatic carbocycles. The Morgan fingerprint density at radius 1 is 0.288 bits per heavy atom. The zero-order chi connectivity index (χ0) is 38.9. The molecule has 59 heavy (non-hydrogen) atoms. The van der Waals surface area contributed by atoms with Gasteiger partial charge in [-0.3, -0.25) is 0 Å². The number of hydrogen-bond donors (Lipinski definition) is 0. The SMILES string of the molecule is c1ccc(-c2c3ccccc3c(-c3ccc(-c4nc5ccccc5c5ccc6c(c45)-c4ccccc4C6(c4ccccc4)c4ccccc4)cc3)c3ccccc23)cc1. The minimum absolute atomic E-state index is 0.497. The predicted molar refractivity (Wildman–Crippen MR) is 248 cm³/mol. The molecule has 12 rings (SSSR count). The molecular weight excluding hydrogens is 711 g/mol. The molecule has 0 spiro atoms. The van der Waals surface area contributed by atoms with Crippen LogP contribution in [0.25, 0.3) is 87.9 Å². The van der Waals surface area contributed by atoms with Gasteiger partial charge in [-0.15, -0.1) is 0 Å². The first-order chi connectivity index (χ1) is 29.3. The summed E-state index contributed by atoms with van der Waals surface area (Å²) in [5.41, 5.74) is 15.2. The summed E-state index contributed by atoms with van der Waals surface area (Å²) in [6.45, 7) is 0. The number of benzene rings is 10. The second-order valence-electron chi connectivity index (χ2n) is 15.7. The summed E-state index contributed by atoms with van der Waals surface area (Å²) in [5, 5.41) is 8.59. The van der Waals surface area contributed by atoms with Gasteiger partial charge in [0.25, 0.3) is 0 Å². The van der Waals surface area contributed by atoms with Crippen molar-refractivity contribution in [3.8, 4) is 44.6 Å². The Hall–Kier alpha value is -7.61. The van der Waals surface area contributed by atoms with Crippen molar-refractivity contribution in [2.24, 2.45) is 0 Å². The van der Waals surface area contributed by atoms with Gasteiger partial charge in [0.1, 0.15) is 0 Å². The first kappa shape index (κ1) is 33.5. The van der Waals surface area contributed by atoms with Gasteiger partial charge in [0.05, 0.1) is 16.6 Å². The van der Waals surface area contributed by atoms with Crippen LogP contribution in [0.5, 0.6) is 0 Å². The molecule has 0 unspecified atom stereocenters. The average Bonchev–Trinajstić information content (AvgIpc) is 3.62. The number of rotatable bonds is 5. The Balaban J connectivity index is 1.13. The number of pyridine rings is 1. The van der Waals surface area contributed by atoms with E-state index in [-0.39, 0.29) is 0 Å². The van der Waals surface area contributed by atoms with Crippen molar-refractivity contribution in [1.82, 2.24) is 4.98 Å². The Kier molecular flexibility index (Phi) is 7.52. The predicted octanol–water partition coefficient (Wildman–Crippen LogP) is 15.1. The van der Waals surface area contributed by atoms with Crippen molar-refractivity contribution in [3.63, 3.8) is 0 Å². The normalized spacial score (nSPS) is 12.9. The molecule has 0 aliphatic heterocycles.